The number of carbonyl (C=O) groups is 2. The molecule has 0 radical (unpaired) electrons. The van der Waals surface area contributed by atoms with Crippen molar-refractivity contribution in [2.75, 3.05) is 27.7 Å². The van der Waals surface area contributed by atoms with Crippen molar-refractivity contribution in [3.05, 3.63) is 60.8 Å². The Balaban J connectivity index is 3.79. The van der Waals surface area contributed by atoms with Gasteiger partial charge in [-0.05, 0) is 51.4 Å². The monoisotopic (exact) mass is 473 g/mol. The summed E-state index contributed by atoms with van der Waals surface area (Å²) in [6.45, 7) is 2.59. The van der Waals surface area contributed by atoms with E-state index in [0.29, 0.717) is 17.4 Å². The summed E-state index contributed by atoms with van der Waals surface area (Å²) >= 11 is 0. The van der Waals surface area contributed by atoms with Gasteiger partial charge in [-0.3, -0.25) is 4.79 Å². The van der Waals surface area contributed by atoms with E-state index in [0.717, 1.165) is 57.8 Å². The summed E-state index contributed by atoms with van der Waals surface area (Å²) in [6, 6.07) is 0. The van der Waals surface area contributed by atoms with E-state index < -0.39 is 12.1 Å². The largest absolute Gasteiger partial charge is 0.550 e. The first-order valence-electron chi connectivity index (χ1n) is 12.7. The molecule has 0 aromatic rings. The van der Waals surface area contributed by atoms with E-state index in [1.807, 2.05) is 21.1 Å². The highest BCUT2D eigenvalue weighted by molar-refractivity contribution is 5.70. The molecule has 0 amide bonds. The molecule has 0 aliphatic heterocycles. The molecule has 0 fully saturated rings. The van der Waals surface area contributed by atoms with Gasteiger partial charge < -0.3 is 19.1 Å². The second-order valence-corrected chi connectivity index (χ2v) is 9.47. The molecule has 0 saturated heterocycles. The summed E-state index contributed by atoms with van der Waals surface area (Å²) < 4.78 is 5.89. The molecule has 5 heteroatoms. The molecule has 5 nitrogen and oxygen atoms in total. The topological polar surface area (TPSA) is 66.4 Å². The second-order valence-electron chi connectivity index (χ2n) is 9.47. The van der Waals surface area contributed by atoms with E-state index >= 15 is 0 Å². The molecule has 1 atom stereocenters. The highest BCUT2D eigenvalue weighted by atomic mass is 16.5. The molecule has 0 aliphatic carbocycles. The van der Waals surface area contributed by atoms with Crippen molar-refractivity contribution in [1.29, 1.82) is 0 Å². The molecule has 0 aromatic heterocycles. The van der Waals surface area contributed by atoms with E-state index in [9.17, 15) is 14.7 Å². The first kappa shape index (κ1) is 31.6. The Kier molecular flexibility index (Phi) is 19.7. The van der Waals surface area contributed by atoms with Gasteiger partial charge >= 0.3 is 5.97 Å². The van der Waals surface area contributed by atoms with Gasteiger partial charge in [0.1, 0.15) is 6.54 Å². The van der Waals surface area contributed by atoms with Crippen molar-refractivity contribution < 1.29 is 23.9 Å². The van der Waals surface area contributed by atoms with Crippen LogP contribution in [0.15, 0.2) is 60.8 Å². The number of allylic oxidation sites excluding steroid dienone is 10. The maximum atomic E-state index is 12.0. The minimum Gasteiger partial charge on any atom is -0.550 e. The summed E-state index contributed by atoms with van der Waals surface area (Å²) in [5, 5.41) is 10.9. The van der Waals surface area contributed by atoms with Crippen LogP contribution in [0.2, 0.25) is 0 Å². The number of hydrogen-bond acceptors (Lipinski definition) is 4. The van der Waals surface area contributed by atoms with Crippen molar-refractivity contribution in [3.8, 4) is 0 Å². The van der Waals surface area contributed by atoms with Gasteiger partial charge in [0.25, 0.3) is 0 Å². The number of carbonyl (C=O) groups excluding carboxylic acids is 2. The van der Waals surface area contributed by atoms with Crippen LogP contribution >= 0.6 is 0 Å². The highest BCUT2D eigenvalue weighted by Gasteiger charge is 2.22. The number of carboxylic acid groups (broad SMARTS) is 1. The molecule has 192 valence electrons. The predicted octanol–water partition coefficient (Wildman–Crippen LogP) is 5.45. The minimum atomic E-state index is -1.19. The van der Waals surface area contributed by atoms with Crippen LogP contribution in [0.25, 0.3) is 0 Å². The maximum Gasteiger partial charge on any atom is 0.306 e. The lowest BCUT2D eigenvalue weighted by Crippen LogP contribution is -2.45. The standard InChI is InChI=1S/C29H47NO4/c1-5-6-7-8-9-10-11-12-13-14-15-16-17-18-19-20-21-22-23-24-29(33)34-27(25-28(31)32)26-30(2,3)4/h6-7,9-10,12-13,15-16,18-19,27H,5,8,11,14,17,20-26H2,1-4H3/b7-6-,10-9-,13-12-,16-15-,19-18-. The predicted molar refractivity (Wildman–Crippen MR) is 140 cm³/mol. The van der Waals surface area contributed by atoms with Gasteiger partial charge in [0.2, 0.25) is 0 Å². The van der Waals surface area contributed by atoms with E-state index in [1.54, 1.807) is 0 Å². The third kappa shape index (κ3) is 24.2. The molecule has 0 spiro atoms. The smallest absolute Gasteiger partial charge is 0.306 e. The number of unbranched alkanes of at least 4 members (excludes halogenated alkanes) is 3. The number of aliphatic carboxylic acids is 1. The fourth-order valence-corrected chi connectivity index (χ4v) is 3.26. The van der Waals surface area contributed by atoms with E-state index in [-0.39, 0.29) is 12.4 Å². The van der Waals surface area contributed by atoms with Gasteiger partial charge in [-0.15, -0.1) is 0 Å². The lowest BCUT2D eigenvalue weighted by Gasteiger charge is -2.29. The number of nitrogens with zero attached hydrogens (tertiary/aromatic N) is 1. The second kappa shape index (κ2) is 21.2. The van der Waals surface area contributed by atoms with Gasteiger partial charge in [0.15, 0.2) is 6.10 Å². The Hall–Kier alpha value is -2.40. The number of ether oxygens (including phenoxy) is 1. The third-order valence-electron chi connectivity index (χ3n) is 4.85. The van der Waals surface area contributed by atoms with Gasteiger partial charge in [-0.25, -0.2) is 0 Å². The quantitative estimate of drug-likeness (QED) is 0.102. The number of likely N-dealkylation sites (N-methyl/N-ethyl adjacent to an activating group) is 1. The Morgan fingerprint density at radius 1 is 0.765 bits per heavy atom. The first-order chi connectivity index (χ1) is 16.2. The molecule has 1 unspecified atom stereocenters. The van der Waals surface area contributed by atoms with Crippen molar-refractivity contribution in [2.45, 2.75) is 83.7 Å². The molecule has 0 heterocycles. The molecule has 0 aromatic carbocycles. The lowest BCUT2D eigenvalue weighted by atomic mass is 10.1. The van der Waals surface area contributed by atoms with E-state index in [4.69, 9.17) is 4.74 Å². The van der Waals surface area contributed by atoms with Crippen LogP contribution in [-0.2, 0) is 14.3 Å². The number of carboxylic acids is 1. The summed E-state index contributed by atoms with van der Waals surface area (Å²) in [5.41, 5.74) is 0. The van der Waals surface area contributed by atoms with E-state index in [1.165, 1.54) is 0 Å². The maximum absolute atomic E-state index is 12.0. The van der Waals surface area contributed by atoms with Crippen LogP contribution in [0, 0.1) is 0 Å². The Labute approximate surface area is 208 Å². The summed E-state index contributed by atoms with van der Waals surface area (Å²) in [6.07, 6.45) is 30.1. The average molecular weight is 474 g/mol. The Bertz CT molecular complexity index is 681. The van der Waals surface area contributed by atoms with Gasteiger partial charge in [0, 0.05) is 18.8 Å². The SMILES string of the molecule is CC/C=C\C/C=C\C/C=C\C/C=C\C/C=C\CCCCCC(=O)OC(CC(=O)[O-])C[N+](C)(C)C. The Morgan fingerprint density at radius 2 is 1.26 bits per heavy atom. The van der Waals surface area contributed by atoms with Crippen LogP contribution in [0.1, 0.15) is 77.6 Å². The minimum absolute atomic E-state index is 0.259. The summed E-state index contributed by atoms with van der Waals surface area (Å²) in [5.74, 6) is -1.52. The number of hydrogen-bond donors (Lipinski definition) is 0. The molecular weight excluding hydrogens is 426 g/mol. The van der Waals surface area contributed by atoms with Crippen molar-refractivity contribution in [1.82, 2.24) is 0 Å². The van der Waals surface area contributed by atoms with Crippen LogP contribution in [0.3, 0.4) is 0 Å². The fraction of sp³-hybridized carbons (Fsp3) is 0.586. The zero-order valence-electron chi connectivity index (χ0n) is 21.9. The van der Waals surface area contributed by atoms with E-state index in [2.05, 4.69) is 67.7 Å². The van der Waals surface area contributed by atoms with Crippen molar-refractivity contribution >= 4 is 11.9 Å². The zero-order chi connectivity index (χ0) is 25.5. The van der Waals surface area contributed by atoms with Crippen molar-refractivity contribution in [3.63, 3.8) is 0 Å². The van der Waals surface area contributed by atoms with Crippen LogP contribution in [-0.4, -0.2) is 50.2 Å². The van der Waals surface area contributed by atoms with Crippen molar-refractivity contribution in [2.24, 2.45) is 0 Å². The molecule has 0 bridgehead atoms. The molecule has 0 aliphatic rings. The fourth-order valence-electron chi connectivity index (χ4n) is 3.26. The number of quaternary nitrogens is 1. The highest BCUT2D eigenvalue weighted by Crippen LogP contribution is 2.09. The molecule has 0 rings (SSSR count). The Morgan fingerprint density at radius 3 is 1.74 bits per heavy atom. The molecule has 0 N–H and O–H groups in total. The zero-order valence-corrected chi connectivity index (χ0v) is 21.9. The summed E-state index contributed by atoms with van der Waals surface area (Å²) in [4.78, 5) is 22.9. The number of esters is 1. The molecular formula is C29H47NO4. The molecule has 34 heavy (non-hydrogen) atoms. The average Bonchev–Trinajstić information content (AvgIpc) is 2.73. The third-order valence-corrected chi connectivity index (χ3v) is 4.85. The lowest BCUT2D eigenvalue weighted by molar-refractivity contribution is -0.873. The first-order valence-corrected chi connectivity index (χ1v) is 12.7. The summed E-state index contributed by atoms with van der Waals surface area (Å²) in [7, 11) is 5.81. The van der Waals surface area contributed by atoms with Crippen LogP contribution < -0.4 is 5.11 Å². The molecule has 0 saturated carbocycles. The van der Waals surface area contributed by atoms with Crippen LogP contribution in [0.4, 0.5) is 0 Å². The van der Waals surface area contributed by atoms with Gasteiger partial charge in [-0.2, -0.15) is 0 Å². The van der Waals surface area contributed by atoms with Crippen LogP contribution in [0.5, 0.6) is 0 Å². The van der Waals surface area contributed by atoms with Gasteiger partial charge in [-0.1, -0.05) is 74.1 Å². The number of rotatable bonds is 20. The van der Waals surface area contributed by atoms with Gasteiger partial charge in [0.05, 0.1) is 21.1 Å². The normalized spacial score (nSPS) is 13.8.